The van der Waals surface area contributed by atoms with Crippen LogP contribution in [0.25, 0.3) is 0 Å². The summed E-state index contributed by atoms with van der Waals surface area (Å²) in [5.74, 6) is -3.54. The zero-order valence-corrected chi connectivity index (χ0v) is 18.1. The molecule has 1 amide bonds. The second-order valence-corrected chi connectivity index (χ2v) is 10.2. The zero-order valence-electron chi connectivity index (χ0n) is 17.3. The summed E-state index contributed by atoms with van der Waals surface area (Å²) in [7, 11) is -3.93. The highest BCUT2D eigenvalue weighted by molar-refractivity contribution is 7.93. The van der Waals surface area contributed by atoms with Gasteiger partial charge in [-0.05, 0) is 43.5 Å². The lowest BCUT2D eigenvalue weighted by molar-refractivity contribution is -0.141. The molecule has 0 spiro atoms. The van der Waals surface area contributed by atoms with Crippen LogP contribution in [0.2, 0.25) is 0 Å². The first kappa shape index (κ1) is 25.2. The summed E-state index contributed by atoms with van der Waals surface area (Å²) >= 11 is 0. The Morgan fingerprint density at radius 3 is 2.34 bits per heavy atom. The van der Waals surface area contributed by atoms with E-state index in [1.165, 1.54) is 32.9 Å². The minimum absolute atomic E-state index is 0.0239. The van der Waals surface area contributed by atoms with Crippen molar-refractivity contribution in [3.8, 4) is 0 Å². The molecule has 0 bridgehead atoms. The average Bonchev–Trinajstić information content (AvgIpc) is 2.68. The summed E-state index contributed by atoms with van der Waals surface area (Å²) in [4.78, 5) is 18.8. The highest BCUT2D eigenvalue weighted by atomic mass is 32.2. The van der Waals surface area contributed by atoms with Crippen LogP contribution in [-0.4, -0.2) is 40.6 Å². The van der Waals surface area contributed by atoms with E-state index in [0.717, 1.165) is 6.07 Å². The maximum absolute atomic E-state index is 14.4. The van der Waals surface area contributed by atoms with Gasteiger partial charge in [0.25, 0.3) is 5.91 Å². The molecule has 174 valence electrons. The molecule has 1 aromatic carbocycles. The molecule has 2 aromatic rings. The number of amidine groups is 1. The molecular formula is C19H21F4N5O3S. The number of amides is 1. The fourth-order valence-corrected chi connectivity index (χ4v) is 4.17. The number of carbonyl (C=O) groups excluding carboxylic acids is 1. The molecule has 0 saturated carbocycles. The van der Waals surface area contributed by atoms with Crippen molar-refractivity contribution in [1.82, 2.24) is 9.97 Å². The quantitative estimate of drug-likeness (QED) is 0.319. The normalized spacial score (nSPS) is 13.5. The average molecular weight is 475 g/mol. The number of rotatable bonds is 7. The summed E-state index contributed by atoms with van der Waals surface area (Å²) in [5, 5.41) is 9.85. The van der Waals surface area contributed by atoms with E-state index in [1.54, 1.807) is 0 Å². The zero-order chi connectivity index (χ0) is 24.5. The van der Waals surface area contributed by atoms with Gasteiger partial charge in [-0.1, -0.05) is 6.92 Å². The largest absolute Gasteiger partial charge is 0.434 e. The summed E-state index contributed by atoms with van der Waals surface area (Å²) in [5.41, 5.74) is 3.76. The van der Waals surface area contributed by atoms with Gasteiger partial charge in [0, 0.05) is 5.69 Å². The van der Waals surface area contributed by atoms with Crippen LogP contribution < -0.4 is 11.1 Å². The molecule has 0 aliphatic rings. The molecule has 0 saturated heterocycles. The van der Waals surface area contributed by atoms with E-state index in [9.17, 15) is 30.8 Å². The van der Waals surface area contributed by atoms with E-state index < -0.39 is 61.4 Å². The molecule has 4 N–H and O–H groups in total. The Hall–Kier alpha value is -3.09. The molecule has 2 rings (SSSR count). The van der Waals surface area contributed by atoms with Crippen molar-refractivity contribution in [2.24, 2.45) is 5.73 Å². The van der Waals surface area contributed by atoms with Crippen LogP contribution >= 0.6 is 0 Å². The molecule has 0 aliphatic heterocycles. The van der Waals surface area contributed by atoms with Gasteiger partial charge in [-0.15, -0.1) is 0 Å². The van der Waals surface area contributed by atoms with Crippen LogP contribution in [0.3, 0.4) is 0 Å². The molecule has 1 atom stereocenters. The summed E-state index contributed by atoms with van der Waals surface area (Å²) in [6, 6.07) is 3.43. The molecule has 8 nitrogen and oxygen atoms in total. The van der Waals surface area contributed by atoms with Gasteiger partial charge >= 0.3 is 6.18 Å². The molecule has 0 fully saturated rings. The predicted octanol–water partition coefficient (Wildman–Crippen LogP) is 3.12. The van der Waals surface area contributed by atoms with Gasteiger partial charge in [0.15, 0.2) is 15.5 Å². The monoisotopic (exact) mass is 475 g/mol. The van der Waals surface area contributed by atoms with E-state index in [1.807, 2.05) is 0 Å². The Morgan fingerprint density at radius 1 is 1.22 bits per heavy atom. The fourth-order valence-electron chi connectivity index (χ4n) is 2.58. The number of nitrogens with one attached hydrogen (secondary N) is 2. The fraction of sp³-hybridized carbons (Fsp3) is 0.368. The highest BCUT2D eigenvalue weighted by Crippen LogP contribution is 2.29. The van der Waals surface area contributed by atoms with Gasteiger partial charge in [-0.2, -0.15) is 13.2 Å². The van der Waals surface area contributed by atoms with Gasteiger partial charge in [0.05, 0.1) is 18.1 Å². The van der Waals surface area contributed by atoms with Crippen molar-refractivity contribution in [2.45, 2.75) is 37.6 Å². The van der Waals surface area contributed by atoms with Crippen molar-refractivity contribution in [3.63, 3.8) is 0 Å². The molecule has 0 radical (unpaired) electrons. The van der Waals surface area contributed by atoms with Crippen molar-refractivity contribution in [2.75, 3.05) is 11.1 Å². The van der Waals surface area contributed by atoms with Gasteiger partial charge in [0.2, 0.25) is 0 Å². The number of aromatic nitrogens is 2. The molecule has 13 heteroatoms. The second-order valence-electron chi connectivity index (χ2n) is 7.58. The van der Waals surface area contributed by atoms with Gasteiger partial charge in [0.1, 0.15) is 22.1 Å². The van der Waals surface area contributed by atoms with Gasteiger partial charge < -0.3 is 11.1 Å². The third-order valence-corrected chi connectivity index (χ3v) is 7.57. The van der Waals surface area contributed by atoms with E-state index in [0.29, 0.717) is 12.4 Å². The van der Waals surface area contributed by atoms with Crippen LogP contribution in [0.15, 0.2) is 30.6 Å². The standard InChI is InChI=1S/C19H21F4N5O3S/c1-10(9-32(30,31)18(2,3)17(24)25)12-6-11(4-5-13(12)20)28-16(29)14-7-27-15(8-26-14)19(21,22)23/h4-8,10H,9H2,1-3H3,(H3,24,25)(H,28,29)/t10-/m1/s1. The van der Waals surface area contributed by atoms with Crippen LogP contribution in [0.5, 0.6) is 0 Å². The Kier molecular flexibility index (Phi) is 6.93. The van der Waals surface area contributed by atoms with Crippen LogP contribution in [0.1, 0.15) is 48.4 Å². The first-order valence-corrected chi connectivity index (χ1v) is 10.8. The number of anilines is 1. The van der Waals surface area contributed by atoms with E-state index in [-0.39, 0.29) is 11.3 Å². The maximum atomic E-state index is 14.4. The van der Waals surface area contributed by atoms with Crippen molar-refractivity contribution < 1.29 is 30.8 Å². The first-order valence-electron chi connectivity index (χ1n) is 9.13. The number of nitrogens with two attached hydrogens (primary N) is 1. The Bertz CT molecular complexity index is 1130. The lowest BCUT2D eigenvalue weighted by Crippen LogP contribution is -2.46. The topological polar surface area (TPSA) is 139 Å². The van der Waals surface area contributed by atoms with Crippen molar-refractivity contribution in [3.05, 3.63) is 53.4 Å². The van der Waals surface area contributed by atoms with Crippen molar-refractivity contribution >= 4 is 27.3 Å². The number of alkyl halides is 3. The first-order chi connectivity index (χ1) is 14.6. The minimum atomic E-state index is -4.71. The third kappa shape index (κ3) is 5.39. The van der Waals surface area contributed by atoms with E-state index in [2.05, 4.69) is 15.3 Å². The second kappa shape index (κ2) is 8.81. The number of carbonyl (C=O) groups is 1. The van der Waals surface area contributed by atoms with Crippen molar-refractivity contribution in [1.29, 1.82) is 5.41 Å². The predicted molar refractivity (Wildman–Crippen MR) is 110 cm³/mol. The number of halogens is 4. The molecule has 0 aliphatic carbocycles. The Balaban J connectivity index is 2.23. The number of hydrogen-bond donors (Lipinski definition) is 3. The van der Waals surface area contributed by atoms with Crippen LogP contribution in [0, 0.1) is 11.2 Å². The minimum Gasteiger partial charge on any atom is -0.386 e. The van der Waals surface area contributed by atoms with Gasteiger partial charge in [-0.3, -0.25) is 10.2 Å². The van der Waals surface area contributed by atoms with Crippen LogP contribution in [0.4, 0.5) is 23.2 Å². The Morgan fingerprint density at radius 2 is 1.84 bits per heavy atom. The molecular weight excluding hydrogens is 454 g/mol. The third-order valence-electron chi connectivity index (χ3n) is 4.86. The van der Waals surface area contributed by atoms with Gasteiger partial charge in [-0.25, -0.2) is 22.8 Å². The number of nitrogens with zero attached hydrogens (tertiary/aromatic N) is 2. The number of hydrogen-bond acceptors (Lipinski definition) is 6. The van der Waals surface area contributed by atoms with E-state index >= 15 is 0 Å². The van der Waals surface area contributed by atoms with E-state index in [4.69, 9.17) is 11.1 Å². The molecule has 0 unspecified atom stereocenters. The lowest BCUT2D eigenvalue weighted by Gasteiger charge is -2.25. The van der Waals surface area contributed by atoms with Crippen LogP contribution in [-0.2, 0) is 16.0 Å². The smallest absolute Gasteiger partial charge is 0.386 e. The molecule has 1 heterocycles. The lowest BCUT2D eigenvalue weighted by atomic mass is 10.0. The number of benzene rings is 1. The maximum Gasteiger partial charge on any atom is 0.434 e. The highest BCUT2D eigenvalue weighted by Gasteiger charge is 2.39. The summed E-state index contributed by atoms with van der Waals surface area (Å²) < 4.78 is 75.7. The molecule has 1 aromatic heterocycles. The Labute approximate surface area is 181 Å². The molecule has 32 heavy (non-hydrogen) atoms. The number of sulfone groups is 1. The summed E-state index contributed by atoms with van der Waals surface area (Å²) in [6.45, 7) is 4.00. The SMILES string of the molecule is C[C@H](CS(=O)(=O)C(C)(C)C(=N)N)c1cc(NC(=O)c2cnc(C(F)(F)F)cn2)ccc1F. The summed E-state index contributed by atoms with van der Waals surface area (Å²) in [6.07, 6.45) is -3.64.